The Bertz CT molecular complexity index is 1050. The van der Waals surface area contributed by atoms with Crippen LogP contribution in [0.4, 0.5) is 5.00 Å². The van der Waals surface area contributed by atoms with Crippen molar-refractivity contribution in [3.05, 3.63) is 45.8 Å². The summed E-state index contributed by atoms with van der Waals surface area (Å²) < 4.78 is 15.4. The second-order valence-electron chi connectivity index (χ2n) is 7.27. The first-order valence-electron chi connectivity index (χ1n) is 9.86. The van der Waals surface area contributed by atoms with Crippen LogP contribution in [0.5, 0.6) is 11.5 Å². The van der Waals surface area contributed by atoms with E-state index in [1.54, 1.807) is 31.4 Å². The highest BCUT2D eigenvalue weighted by molar-refractivity contribution is 7.16. The van der Waals surface area contributed by atoms with E-state index < -0.39 is 18.5 Å². The zero-order valence-corrected chi connectivity index (χ0v) is 18.5. The quantitative estimate of drug-likeness (QED) is 0.517. The predicted octanol–water partition coefficient (Wildman–Crippen LogP) is 3.96. The van der Waals surface area contributed by atoms with Crippen LogP contribution < -0.4 is 14.8 Å². The molecule has 0 saturated carbocycles. The standard InChI is InChI=1S/C23H24N2O5S/c1-14-4-7-16-17(12-24)23(31-20(16)10-14)25-21(26)13-30-22(27)9-6-15-5-8-18(28-2)19(11-15)29-3/h5-6,8-9,11,14H,4,7,10,13H2,1-3H3,(H,25,26)/b9-6+. The molecule has 1 atom stereocenters. The lowest BCUT2D eigenvalue weighted by Gasteiger charge is -2.17. The summed E-state index contributed by atoms with van der Waals surface area (Å²) in [6.07, 6.45) is 5.60. The molecule has 1 aliphatic carbocycles. The molecule has 0 bridgehead atoms. The highest BCUT2D eigenvalue weighted by Gasteiger charge is 2.24. The molecule has 7 nitrogen and oxygen atoms in total. The van der Waals surface area contributed by atoms with Gasteiger partial charge in [0, 0.05) is 11.0 Å². The molecule has 3 rings (SSSR count). The van der Waals surface area contributed by atoms with Crippen molar-refractivity contribution in [1.29, 1.82) is 5.26 Å². The minimum atomic E-state index is -0.648. The topological polar surface area (TPSA) is 97.6 Å². The van der Waals surface area contributed by atoms with Crippen molar-refractivity contribution in [2.45, 2.75) is 26.2 Å². The summed E-state index contributed by atoms with van der Waals surface area (Å²) in [5.41, 5.74) is 2.28. The van der Waals surface area contributed by atoms with Gasteiger partial charge in [0.15, 0.2) is 18.1 Å². The maximum atomic E-state index is 12.2. The van der Waals surface area contributed by atoms with Crippen molar-refractivity contribution in [3.8, 4) is 17.6 Å². The van der Waals surface area contributed by atoms with Gasteiger partial charge in [-0.05, 0) is 54.5 Å². The molecule has 1 aliphatic rings. The van der Waals surface area contributed by atoms with Crippen molar-refractivity contribution in [1.82, 2.24) is 0 Å². The van der Waals surface area contributed by atoms with Crippen LogP contribution in [0, 0.1) is 17.2 Å². The number of carbonyl (C=O) groups excluding carboxylic acids is 2. The predicted molar refractivity (Wildman–Crippen MR) is 118 cm³/mol. The molecule has 1 unspecified atom stereocenters. The van der Waals surface area contributed by atoms with Crippen LogP contribution in [0.25, 0.3) is 6.08 Å². The number of fused-ring (bicyclic) bond motifs is 1. The summed E-state index contributed by atoms with van der Waals surface area (Å²) in [4.78, 5) is 25.4. The zero-order valence-electron chi connectivity index (χ0n) is 17.7. The van der Waals surface area contributed by atoms with E-state index in [1.165, 1.54) is 24.5 Å². The van der Waals surface area contributed by atoms with Gasteiger partial charge < -0.3 is 19.5 Å². The Morgan fingerprint density at radius 2 is 2.06 bits per heavy atom. The van der Waals surface area contributed by atoms with Gasteiger partial charge in [-0.2, -0.15) is 5.26 Å². The fraction of sp³-hybridized carbons (Fsp3) is 0.348. The number of anilines is 1. The number of ether oxygens (including phenoxy) is 3. The van der Waals surface area contributed by atoms with Crippen molar-refractivity contribution >= 4 is 34.3 Å². The number of amides is 1. The number of hydrogen-bond donors (Lipinski definition) is 1. The van der Waals surface area contributed by atoms with Gasteiger partial charge in [-0.3, -0.25) is 4.79 Å². The average molecular weight is 441 g/mol. The Morgan fingerprint density at radius 3 is 2.77 bits per heavy atom. The van der Waals surface area contributed by atoms with E-state index in [4.69, 9.17) is 14.2 Å². The number of hydrogen-bond acceptors (Lipinski definition) is 7. The minimum absolute atomic E-state index is 0.432. The number of nitrogens with zero attached hydrogens (tertiary/aromatic N) is 1. The molecular formula is C23H24N2O5S. The number of rotatable bonds is 7. The molecule has 0 fully saturated rings. The largest absolute Gasteiger partial charge is 0.493 e. The number of carbonyl (C=O) groups is 2. The Kier molecular flexibility index (Phi) is 7.32. The van der Waals surface area contributed by atoms with Gasteiger partial charge in [0.25, 0.3) is 5.91 Å². The van der Waals surface area contributed by atoms with Gasteiger partial charge in [-0.25, -0.2) is 4.79 Å². The maximum absolute atomic E-state index is 12.2. The highest BCUT2D eigenvalue weighted by atomic mass is 32.1. The Balaban J connectivity index is 1.56. The molecule has 1 aromatic carbocycles. The van der Waals surface area contributed by atoms with Crippen LogP contribution in [0.15, 0.2) is 24.3 Å². The number of thiophene rings is 1. The van der Waals surface area contributed by atoms with E-state index >= 15 is 0 Å². The zero-order chi connectivity index (χ0) is 22.4. The van der Waals surface area contributed by atoms with Crippen molar-refractivity contribution in [3.63, 3.8) is 0 Å². The van der Waals surface area contributed by atoms with Crippen LogP contribution in [0.3, 0.4) is 0 Å². The lowest BCUT2D eigenvalue weighted by molar-refractivity contribution is -0.142. The molecule has 0 radical (unpaired) electrons. The Labute approximate surface area is 185 Å². The highest BCUT2D eigenvalue weighted by Crippen LogP contribution is 2.39. The van der Waals surface area contributed by atoms with E-state index in [0.29, 0.717) is 28.0 Å². The third kappa shape index (κ3) is 5.44. The summed E-state index contributed by atoms with van der Waals surface area (Å²) in [6.45, 7) is 1.75. The van der Waals surface area contributed by atoms with Crippen LogP contribution >= 0.6 is 11.3 Å². The minimum Gasteiger partial charge on any atom is -0.493 e. The number of esters is 1. The SMILES string of the molecule is COc1ccc(/C=C/C(=O)OCC(=O)Nc2sc3c(c2C#N)CCC(C)C3)cc1OC. The lowest BCUT2D eigenvalue weighted by Crippen LogP contribution is -2.20. The smallest absolute Gasteiger partial charge is 0.331 e. The second-order valence-corrected chi connectivity index (χ2v) is 8.38. The molecule has 0 saturated heterocycles. The van der Waals surface area contributed by atoms with Gasteiger partial charge in [-0.1, -0.05) is 13.0 Å². The molecule has 1 aromatic heterocycles. The molecule has 1 heterocycles. The average Bonchev–Trinajstić information content (AvgIpc) is 3.11. The number of nitriles is 1. The van der Waals surface area contributed by atoms with E-state index in [1.807, 2.05) is 0 Å². The molecule has 31 heavy (non-hydrogen) atoms. The maximum Gasteiger partial charge on any atom is 0.331 e. The molecular weight excluding hydrogens is 416 g/mol. The van der Waals surface area contributed by atoms with Gasteiger partial charge in [0.05, 0.1) is 19.8 Å². The Hall–Kier alpha value is -3.31. The van der Waals surface area contributed by atoms with Crippen LogP contribution in [0.2, 0.25) is 0 Å². The van der Waals surface area contributed by atoms with E-state index in [2.05, 4.69) is 18.3 Å². The van der Waals surface area contributed by atoms with Crippen molar-refractivity contribution < 1.29 is 23.8 Å². The number of nitrogens with one attached hydrogen (secondary N) is 1. The van der Waals surface area contributed by atoms with Crippen molar-refractivity contribution in [2.75, 3.05) is 26.1 Å². The summed E-state index contributed by atoms with van der Waals surface area (Å²) in [5.74, 6) is 0.569. The van der Waals surface area contributed by atoms with Gasteiger partial charge in [-0.15, -0.1) is 11.3 Å². The molecule has 0 spiro atoms. The van der Waals surface area contributed by atoms with E-state index in [0.717, 1.165) is 35.3 Å². The van der Waals surface area contributed by atoms with Crippen LogP contribution in [0.1, 0.15) is 34.9 Å². The molecule has 1 N–H and O–H groups in total. The second kappa shape index (κ2) is 10.1. The van der Waals surface area contributed by atoms with Gasteiger partial charge >= 0.3 is 5.97 Å². The normalized spacial score (nSPS) is 15.1. The molecule has 0 aliphatic heterocycles. The molecule has 2 aromatic rings. The molecule has 1 amide bonds. The lowest BCUT2D eigenvalue weighted by atomic mass is 9.89. The van der Waals surface area contributed by atoms with Crippen molar-refractivity contribution in [2.24, 2.45) is 5.92 Å². The van der Waals surface area contributed by atoms with Gasteiger partial charge in [0.2, 0.25) is 0 Å². The first-order valence-corrected chi connectivity index (χ1v) is 10.7. The number of benzene rings is 1. The van der Waals surface area contributed by atoms with Crippen LogP contribution in [-0.4, -0.2) is 32.7 Å². The van der Waals surface area contributed by atoms with Crippen LogP contribution in [-0.2, 0) is 27.2 Å². The summed E-state index contributed by atoms with van der Waals surface area (Å²) in [6, 6.07) is 7.41. The third-order valence-electron chi connectivity index (χ3n) is 5.04. The number of methoxy groups -OCH3 is 2. The summed E-state index contributed by atoms with van der Waals surface area (Å²) in [7, 11) is 3.07. The van der Waals surface area contributed by atoms with E-state index in [-0.39, 0.29) is 0 Å². The summed E-state index contributed by atoms with van der Waals surface area (Å²) >= 11 is 1.44. The van der Waals surface area contributed by atoms with Gasteiger partial charge in [0.1, 0.15) is 11.1 Å². The Morgan fingerprint density at radius 1 is 1.29 bits per heavy atom. The summed E-state index contributed by atoms with van der Waals surface area (Å²) in [5, 5.41) is 12.7. The molecule has 162 valence electrons. The first-order chi connectivity index (χ1) is 14.9. The fourth-order valence-electron chi connectivity index (χ4n) is 3.43. The monoisotopic (exact) mass is 440 g/mol. The fourth-order valence-corrected chi connectivity index (χ4v) is 4.80. The third-order valence-corrected chi connectivity index (χ3v) is 6.21. The van der Waals surface area contributed by atoms with E-state index in [9.17, 15) is 14.9 Å². The molecule has 8 heteroatoms. The first kappa shape index (κ1) is 22.4.